The number of rotatable bonds is 6. The molecule has 1 aliphatic rings. The molecule has 1 aliphatic heterocycles. The van der Waals surface area contributed by atoms with Crippen molar-refractivity contribution in [3.05, 3.63) is 35.9 Å². The number of Topliss-reactive ketones (excluding diaryl/α,β-unsaturated/α-hetero) is 1. The van der Waals surface area contributed by atoms with Gasteiger partial charge in [-0.2, -0.15) is 0 Å². The first-order valence-corrected chi connectivity index (χ1v) is 10.3. The highest BCUT2D eigenvalue weighted by molar-refractivity contribution is 7.96. The summed E-state index contributed by atoms with van der Waals surface area (Å²) in [5.41, 5.74) is 0.426. The number of unbranched alkanes of at least 4 members (excludes halogenated alkanes) is 1. The van der Waals surface area contributed by atoms with E-state index in [2.05, 4.69) is 31.7 Å². The molecule has 1 heterocycles. The number of quaternary nitrogens is 1. The summed E-state index contributed by atoms with van der Waals surface area (Å²) in [4.78, 5) is 38.7. The standard InChI is InChI=1S/C22H31NO3S/c1-5-6-13-23(20(25)19(24)22(2,3)4)14-12-17(15-18(23)21(26)27)16-10-8-7-9-11-16/h7-11,17-18H,5-6,12-15H2,1-4H3/p+1. The van der Waals surface area contributed by atoms with Gasteiger partial charge in [-0.25, -0.2) is 9.28 Å². The lowest BCUT2D eigenvalue weighted by molar-refractivity contribution is -0.872. The average molecular weight is 391 g/mol. The minimum atomic E-state index is -0.755. The van der Waals surface area contributed by atoms with Crippen LogP contribution in [-0.2, 0) is 14.4 Å². The van der Waals surface area contributed by atoms with Crippen molar-refractivity contribution < 1.29 is 18.9 Å². The molecule has 27 heavy (non-hydrogen) atoms. The van der Waals surface area contributed by atoms with E-state index < -0.39 is 23.1 Å². The van der Waals surface area contributed by atoms with Crippen LogP contribution in [0.2, 0.25) is 0 Å². The second-order valence-corrected chi connectivity index (χ2v) is 9.15. The van der Waals surface area contributed by atoms with Crippen LogP contribution in [-0.4, -0.2) is 40.4 Å². The van der Waals surface area contributed by atoms with Gasteiger partial charge in [0.1, 0.15) is 0 Å². The highest BCUT2D eigenvalue weighted by atomic mass is 32.1. The number of carbonyl (C=O) groups is 3. The Balaban J connectivity index is 2.41. The Labute approximate surface area is 168 Å². The fraction of sp³-hybridized carbons (Fsp3) is 0.591. The molecule has 0 bridgehead atoms. The summed E-state index contributed by atoms with van der Waals surface area (Å²) >= 11 is 4.15. The van der Waals surface area contributed by atoms with E-state index in [1.165, 1.54) is 5.56 Å². The maximum Gasteiger partial charge on any atom is 0.382 e. The zero-order valence-corrected chi connectivity index (χ0v) is 17.8. The molecule has 0 radical (unpaired) electrons. The Morgan fingerprint density at radius 1 is 1.15 bits per heavy atom. The van der Waals surface area contributed by atoms with Gasteiger partial charge in [0.25, 0.3) is 5.78 Å². The average Bonchev–Trinajstić information content (AvgIpc) is 2.64. The molecule has 1 fully saturated rings. The van der Waals surface area contributed by atoms with Gasteiger partial charge in [0.05, 0.1) is 13.1 Å². The molecule has 0 saturated carbocycles. The molecule has 1 saturated heterocycles. The predicted octanol–water partition coefficient (Wildman–Crippen LogP) is 4.15. The van der Waals surface area contributed by atoms with E-state index >= 15 is 0 Å². The highest BCUT2D eigenvalue weighted by Crippen LogP contribution is 2.38. The minimum Gasteiger partial charge on any atom is -0.283 e. The van der Waals surface area contributed by atoms with Crippen molar-refractivity contribution in [2.45, 2.75) is 65.3 Å². The van der Waals surface area contributed by atoms with E-state index in [4.69, 9.17) is 0 Å². The van der Waals surface area contributed by atoms with Crippen LogP contribution < -0.4 is 0 Å². The number of benzene rings is 1. The number of piperidine rings is 1. The summed E-state index contributed by atoms with van der Waals surface area (Å²) in [5, 5.41) is -0.290. The smallest absolute Gasteiger partial charge is 0.283 e. The molecule has 148 valence electrons. The SMILES string of the molecule is CCCC[N+]1(C(=O)C(=O)C(C)(C)C)CCC(c2ccccc2)CC1C(=O)S. The largest absolute Gasteiger partial charge is 0.382 e. The fourth-order valence-corrected chi connectivity index (χ4v) is 4.37. The van der Waals surface area contributed by atoms with E-state index in [9.17, 15) is 14.4 Å². The molecule has 1 aromatic carbocycles. The quantitative estimate of drug-likeness (QED) is 0.451. The van der Waals surface area contributed by atoms with Gasteiger partial charge in [0.15, 0.2) is 6.04 Å². The van der Waals surface area contributed by atoms with E-state index in [1.807, 2.05) is 18.2 Å². The summed E-state index contributed by atoms with van der Waals surface area (Å²) in [6, 6.07) is 9.53. The van der Waals surface area contributed by atoms with Crippen molar-refractivity contribution in [1.29, 1.82) is 0 Å². The summed E-state index contributed by atoms with van der Waals surface area (Å²) in [6.07, 6.45) is 3.05. The molecular weight excluding hydrogens is 358 g/mol. The zero-order valence-electron chi connectivity index (χ0n) is 16.9. The van der Waals surface area contributed by atoms with Crippen LogP contribution >= 0.6 is 12.6 Å². The van der Waals surface area contributed by atoms with Gasteiger partial charge in [0, 0.05) is 18.3 Å². The molecule has 5 heteroatoms. The number of nitrogens with zero attached hydrogens (tertiary/aromatic N) is 1. The zero-order chi connectivity index (χ0) is 20.2. The summed E-state index contributed by atoms with van der Waals surface area (Å²) < 4.78 is -0.0599. The van der Waals surface area contributed by atoms with Gasteiger partial charge >= 0.3 is 5.91 Å². The first-order valence-electron chi connectivity index (χ1n) is 9.87. The van der Waals surface area contributed by atoms with Crippen LogP contribution in [0.5, 0.6) is 0 Å². The van der Waals surface area contributed by atoms with Gasteiger partial charge in [-0.1, -0.05) is 77.1 Å². The lowest BCUT2D eigenvalue weighted by atomic mass is 9.81. The first-order chi connectivity index (χ1) is 12.6. The molecular formula is C22H32NO3S+. The second-order valence-electron chi connectivity index (χ2n) is 8.71. The maximum absolute atomic E-state index is 13.4. The van der Waals surface area contributed by atoms with Gasteiger partial charge in [-0.05, 0) is 17.9 Å². The number of amides is 1. The minimum absolute atomic E-state index is 0.0599. The molecule has 0 aromatic heterocycles. The van der Waals surface area contributed by atoms with Gasteiger partial charge < -0.3 is 0 Å². The molecule has 2 rings (SSSR count). The molecule has 4 nitrogen and oxygen atoms in total. The monoisotopic (exact) mass is 390 g/mol. The van der Waals surface area contributed by atoms with Crippen LogP contribution in [0.4, 0.5) is 0 Å². The Hall–Kier alpha value is -1.46. The van der Waals surface area contributed by atoms with E-state index in [0.29, 0.717) is 19.5 Å². The van der Waals surface area contributed by atoms with Crippen LogP contribution in [0.15, 0.2) is 30.3 Å². The van der Waals surface area contributed by atoms with Crippen molar-refractivity contribution in [3.8, 4) is 0 Å². The van der Waals surface area contributed by atoms with Crippen molar-refractivity contribution in [1.82, 2.24) is 0 Å². The Kier molecular flexibility index (Phi) is 7.03. The third-order valence-electron chi connectivity index (χ3n) is 5.73. The number of hydrogen-bond acceptors (Lipinski definition) is 3. The van der Waals surface area contributed by atoms with E-state index in [1.54, 1.807) is 20.8 Å². The van der Waals surface area contributed by atoms with Crippen LogP contribution in [0.1, 0.15) is 64.9 Å². The van der Waals surface area contributed by atoms with Gasteiger partial charge in [0.2, 0.25) is 5.12 Å². The molecule has 3 atom stereocenters. The van der Waals surface area contributed by atoms with Crippen molar-refractivity contribution in [2.24, 2.45) is 5.41 Å². The molecule has 0 aliphatic carbocycles. The van der Waals surface area contributed by atoms with Gasteiger partial charge in [-0.3, -0.25) is 9.59 Å². The summed E-state index contributed by atoms with van der Waals surface area (Å²) in [5.74, 6) is -0.607. The Bertz CT molecular complexity index is 695. The lowest BCUT2D eigenvalue weighted by Gasteiger charge is -2.46. The third kappa shape index (κ3) is 4.69. The van der Waals surface area contributed by atoms with Crippen LogP contribution in [0.25, 0.3) is 0 Å². The number of hydrogen-bond donors (Lipinski definition) is 1. The van der Waals surface area contributed by atoms with Crippen molar-refractivity contribution in [3.63, 3.8) is 0 Å². The first kappa shape index (κ1) is 21.8. The highest BCUT2D eigenvalue weighted by Gasteiger charge is 2.54. The summed E-state index contributed by atoms with van der Waals surface area (Å²) in [7, 11) is 0. The number of thiol groups is 1. The van der Waals surface area contributed by atoms with Crippen molar-refractivity contribution in [2.75, 3.05) is 13.1 Å². The predicted molar refractivity (Wildman–Crippen MR) is 111 cm³/mol. The van der Waals surface area contributed by atoms with Crippen LogP contribution in [0.3, 0.4) is 0 Å². The number of carbonyl (C=O) groups excluding carboxylic acids is 3. The van der Waals surface area contributed by atoms with Crippen LogP contribution in [0, 0.1) is 5.41 Å². The topological polar surface area (TPSA) is 51.2 Å². The fourth-order valence-electron chi connectivity index (χ4n) is 4.05. The molecule has 3 unspecified atom stereocenters. The van der Waals surface area contributed by atoms with Crippen molar-refractivity contribution >= 4 is 29.4 Å². The molecule has 1 aromatic rings. The normalized spacial score (nSPS) is 25.8. The van der Waals surface area contributed by atoms with E-state index in [0.717, 1.165) is 19.3 Å². The Morgan fingerprint density at radius 2 is 1.78 bits per heavy atom. The molecule has 1 amide bonds. The number of likely N-dealkylation sites (tertiary alicyclic amines) is 1. The Morgan fingerprint density at radius 3 is 2.30 bits per heavy atom. The van der Waals surface area contributed by atoms with Gasteiger partial charge in [-0.15, -0.1) is 0 Å². The number of ketones is 1. The van der Waals surface area contributed by atoms with E-state index in [-0.39, 0.29) is 15.5 Å². The second kappa shape index (κ2) is 8.70. The molecule has 0 spiro atoms. The lowest BCUT2D eigenvalue weighted by Crippen LogP contribution is -2.67. The third-order valence-corrected chi connectivity index (χ3v) is 6.03. The molecule has 0 N–H and O–H groups in total. The summed E-state index contributed by atoms with van der Waals surface area (Å²) in [6.45, 7) is 8.38. The maximum atomic E-state index is 13.4.